The summed E-state index contributed by atoms with van der Waals surface area (Å²) in [5.41, 5.74) is 7.36. The first-order valence-corrected chi connectivity index (χ1v) is 6.85. The Bertz CT molecular complexity index is 436. The van der Waals surface area contributed by atoms with Gasteiger partial charge in [-0.05, 0) is 31.1 Å². The lowest BCUT2D eigenvalue weighted by atomic mass is 9.92. The van der Waals surface area contributed by atoms with Crippen LogP contribution in [0.2, 0.25) is 0 Å². The smallest absolute Gasteiger partial charge is 0.134 e. The molecule has 0 bridgehead atoms. The van der Waals surface area contributed by atoms with E-state index in [1.807, 2.05) is 13.8 Å². The third kappa shape index (κ3) is 2.42. The molecule has 1 fully saturated rings. The number of aromatic nitrogens is 2. The summed E-state index contributed by atoms with van der Waals surface area (Å²) >= 11 is 0. The van der Waals surface area contributed by atoms with E-state index in [-0.39, 0.29) is 0 Å². The van der Waals surface area contributed by atoms with E-state index in [2.05, 4.69) is 29.1 Å². The molecule has 0 radical (unpaired) electrons. The first-order chi connectivity index (χ1) is 8.48. The largest absolute Gasteiger partial charge is 0.383 e. The lowest BCUT2D eigenvalue weighted by molar-refractivity contribution is 0.379. The molecule has 1 aliphatic rings. The summed E-state index contributed by atoms with van der Waals surface area (Å²) in [5, 5.41) is 3.48. The van der Waals surface area contributed by atoms with E-state index < -0.39 is 0 Å². The van der Waals surface area contributed by atoms with E-state index in [1.54, 1.807) is 0 Å². The lowest BCUT2D eigenvalue weighted by Crippen LogP contribution is -2.22. The highest BCUT2D eigenvalue weighted by molar-refractivity contribution is 5.55. The highest BCUT2D eigenvalue weighted by Crippen LogP contribution is 2.51. The number of hydrogen-bond acceptors (Lipinski definition) is 4. The van der Waals surface area contributed by atoms with Crippen molar-refractivity contribution in [3.8, 4) is 0 Å². The molecule has 0 saturated heterocycles. The van der Waals surface area contributed by atoms with Crippen LogP contribution < -0.4 is 11.1 Å². The second-order valence-corrected chi connectivity index (χ2v) is 5.72. The van der Waals surface area contributed by atoms with Crippen LogP contribution in [0.1, 0.15) is 45.0 Å². The molecule has 1 aromatic heterocycles. The number of nitrogen functional groups attached to an aromatic ring is 1. The lowest BCUT2D eigenvalue weighted by Gasteiger charge is -2.21. The standard InChI is InChI=1S/C14H24N4/c1-5-11-17-12(15)10(4)13(18-11)16-8-14(6-7-14)9(2)3/h9H,5-8H2,1-4H3,(H3,15,16,17,18). The zero-order chi connectivity index (χ0) is 13.3. The summed E-state index contributed by atoms with van der Waals surface area (Å²) in [6, 6.07) is 0. The minimum Gasteiger partial charge on any atom is -0.383 e. The molecule has 4 nitrogen and oxygen atoms in total. The minimum atomic E-state index is 0.471. The van der Waals surface area contributed by atoms with Crippen LogP contribution >= 0.6 is 0 Å². The van der Waals surface area contributed by atoms with Crippen molar-refractivity contribution in [1.82, 2.24) is 9.97 Å². The van der Waals surface area contributed by atoms with Crippen LogP contribution in [-0.2, 0) is 6.42 Å². The van der Waals surface area contributed by atoms with Crippen molar-refractivity contribution in [3.05, 3.63) is 11.4 Å². The molecule has 1 saturated carbocycles. The molecule has 2 rings (SSSR count). The van der Waals surface area contributed by atoms with Crippen molar-refractivity contribution in [2.75, 3.05) is 17.6 Å². The van der Waals surface area contributed by atoms with Crippen LogP contribution in [0.3, 0.4) is 0 Å². The Hall–Kier alpha value is -1.32. The summed E-state index contributed by atoms with van der Waals surface area (Å²) in [6.45, 7) is 9.61. The predicted octanol–water partition coefficient (Wildman–Crippen LogP) is 2.78. The molecule has 4 heteroatoms. The van der Waals surface area contributed by atoms with Crippen molar-refractivity contribution in [1.29, 1.82) is 0 Å². The molecule has 0 unspecified atom stereocenters. The predicted molar refractivity (Wildman–Crippen MR) is 75.6 cm³/mol. The van der Waals surface area contributed by atoms with Crippen LogP contribution in [0, 0.1) is 18.3 Å². The zero-order valence-electron chi connectivity index (χ0n) is 11.9. The van der Waals surface area contributed by atoms with Crippen molar-refractivity contribution in [3.63, 3.8) is 0 Å². The molecule has 0 atom stereocenters. The van der Waals surface area contributed by atoms with Crippen molar-refractivity contribution in [2.24, 2.45) is 11.3 Å². The summed E-state index contributed by atoms with van der Waals surface area (Å²) < 4.78 is 0. The fourth-order valence-electron chi connectivity index (χ4n) is 2.29. The average molecular weight is 248 g/mol. The Kier molecular flexibility index (Phi) is 3.46. The summed E-state index contributed by atoms with van der Waals surface area (Å²) in [6.07, 6.45) is 3.45. The molecule has 18 heavy (non-hydrogen) atoms. The number of rotatable bonds is 5. The molecule has 0 spiro atoms. The van der Waals surface area contributed by atoms with Gasteiger partial charge in [-0.2, -0.15) is 0 Å². The van der Waals surface area contributed by atoms with Gasteiger partial charge in [-0.3, -0.25) is 0 Å². The Morgan fingerprint density at radius 3 is 2.50 bits per heavy atom. The third-order valence-corrected chi connectivity index (χ3v) is 4.27. The Morgan fingerprint density at radius 1 is 1.33 bits per heavy atom. The van der Waals surface area contributed by atoms with E-state index in [0.717, 1.165) is 36.1 Å². The number of anilines is 2. The molecule has 100 valence electrons. The molecule has 1 heterocycles. The van der Waals surface area contributed by atoms with Gasteiger partial charge in [-0.15, -0.1) is 0 Å². The molecular weight excluding hydrogens is 224 g/mol. The molecule has 1 aliphatic carbocycles. The first-order valence-electron chi connectivity index (χ1n) is 6.85. The Balaban J connectivity index is 2.12. The van der Waals surface area contributed by atoms with Gasteiger partial charge in [0.05, 0.1) is 0 Å². The van der Waals surface area contributed by atoms with E-state index in [1.165, 1.54) is 12.8 Å². The van der Waals surface area contributed by atoms with E-state index in [9.17, 15) is 0 Å². The highest BCUT2D eigenvalue weighted by Gasteiger charge is 2.45. The topological polar surface area (TPSA) is 63.8 Å². The first kappa shape index (κ1) is 13.1. The van der Waals surface area contributed by atoms with Crippen LogP contribution in [0.4, 0.5) is 11.6 Å². The molecule has 0 aromatic carbocycles. The van der Waals surface area contributed by atoms with E-state index >= 15 is 0 Å². The van der Waals surface area contributed by atoms with Gasteiger partial charge >= 0.3 is 0 Å². The summed E-state index contributed by atoms with van der Waals surface area (Å²) in [5.74, 6) is 3.04. The van der Waals surface area contributed by atoms with Gasteiger partial charge in [-0.25, -0.2) is 9.97 Å². The SMILES string of the molecule is CCc1nc(N)c(C)c(NCC2(C(C)C)CC2)n1. The maximum atomic E-state index is 5.92. The minimum absolute atomic E-state index is 0.471. The number of nitrogens with one attached hydrogen (secondary N) is 1. The zero-order valence-corrected chi connectivity index (χ0v) is 11.9. The van der Waals surface area contributed by atoms with Crippen molar-refractivity contribution in [2.45, 2.75) is 47.0 Å². The fourth-order valence-corrected chi connectivity index (χ4v) is 2.29. The Labute approximate surface area is 109 Å². The van der Waals surface area contributed by atoms with E-state index in [0.29, 0.717) is 11.2 Å². The third-order valence-electron chi connectivity index (χ3n) is 4.27. The summed E-state index contributed by atoms with van der Waals surface area (Å²) in [4.78, 5) is 8.81. The average Bonchev–Trinajstić information content (AvgIpc) is 3.12. The van der Waals surface area contributed by atoms with Crippen LogP contribution in [0.25, 0.3) is 0 Å². The quantitative estimate of drug-likeness (QED) is 0.841. The van der Waals surface area contributed by atoms with Crippen LogP contribution in [0.15, 0.2) is 0 Å². The molecule has 0 aliphatic heterocycles. The molecule has 0 amide bonds. The van der Waals surface area contributed by atoms with Gasteiger partial charge in [0.2, 0.25) is 0 Å². The number of nitrogens with zero attached hydrogens (tertiary/aromatic N) is 2. The maximum Gasteiger partial charge on any atom is 0.134 e. The highest BCUT2D eigenvalue weighted by atomic mass is 15.1. The van der Waals surface area contributed by atoms with Gasteiger partial charge in [0.15, 0.2) is 0 Å². The van der Waals surface area contributed by atoms with Crippen LogP contribution in [0.5, 0.6) is 0 Å². The Morgan fingerprint density at radius 2 is 2.00 bits per heavy atom. The molecule has 1 aromatic rings. The molecule has 3 N–H and O–H groups in total. The number of aryl methyl sites for hydroxylation is 1. The van der Waals surface area contributed by atoms with E-state index in [4.69, 9.17) is 5.73 Å². The van der Waals surface area contributed by atoms with Crippen molar-refractivity contribution < 1.29 is 0 Å². The molecular formula is C14H24N4. The number of nitrogens with two attached hydrogens (primary N) is 1. The number of hydrogen-bond donors (Lipinski definition) is 2. The fraction of sp³-hybridized carbons (Fsp3) is 0.714. The second kappa shape index (κ2) is 4.75. The summed E-state index contributed by atoms with van der Waals surface area (Å²) in [7, 11) is 0. The van der Waals surface area contributed by atoms with Gasteiger partial charge in [0.25, 0.3) is 0 Å². The maximum absolute atomic E-state index is 5.92. The normalized spacial score (nSPS) is 16.9. The van der Waals surface area contributed by atoms with Gasteiger partial charge in [-0.1, -0.05) is 20.8 Å². The van der Waals surface area contributed by atoms with Gasteiger partial charge in [0, 0.05) is 18.5 Å². The van der Waals surface area contributed by atoms with Gasteiger partial charge < -0.3 is 11.1 Å². The van der Waals surface area contributed by atoms with Crippen molar-refractivity contribution >= 4 is 11.6 Å². The monoisotopic (exact) mass is 248 g/mol. The van der Waals surface area contributed by atoms with Gasteiger partial charge in [0.1, 0.15) is 17.5 Å². The second-order valence-electron chi connectivity index (χ2n) is 5.72. The van der Waals surface area contributed by atoms with Crippen LogP contribution in [-0.4, -0.2) is 16.5 Å².